The minimum absolute atomic E-state index is 0.0343. The molecule has 5 rings (SSSR count). The number of hydrogen-bond donors (Lipinski definition) is 1. The zero-order valence-corrected chi connectivity index (χ0v) is 18.6. The van der Waals surface area contributed by atoms with Crippen LogP contribution in [-0.2, 0) is 16.0 Å². The minimum Gasteiger partial charge on any atom is -0.444 e. The first-order chi connectivity index (χ1) is 15.3. The topological polar surface area (TPSA) is 91.4 Å². The third-order valence-corrected chi connectivity index (χ3v) is 6.05. The lowest BCUT2D eigenvalue weighted by molar-refractivity contribution is -0.121. The average molecular weight is 434 g/mol. The van der Waals surface area contributed by atoms with E-state index < -0.39 is 5.60 Å². The summed E-state index contributed by atoms with van der Waals surface area (Å²) in [5.74, 6) is 0.537. The van der Waals surface area contributed by atoms with E-state index in [9.17, 15) is 9.59 Å². The van der Waals surface area contributed by atoms with Crippen molar-refractivity contribution in [3.05, 3.63) is 42.2 Å². The molecule has 8 heteroatoms. The van der Waals surface area contributed by atoms with Crippen molar-refractivity contribution in [3.8, 4) is 11.1 Å². The summed E-state index contributed by atoms with van der Waals surface area (Å²) in [7, 11) is 0. The summed E-state index contributed by atoms with van der Waals surface area (Å²) in [5, 5.41) is 8.19. The van der Waals surface area contributed by atoms with E-state index in [0.717, 1.165) is 39.8 Å². The van der Waals surface area contributed by atoms with Gasteiger partial charge in [0.1, 0.15) is 11.4 Å². The van der Waals surface area contributed by atoms with E-state index in [1.165, 1.54) is 0 Å². The molecule has 1 N–H and O–H groups in total. The monoisotopic (exact) mass is 433 g/mol. The van der Waals surface area contributed by atoms with Gasteiger partial charge in [0, 0.05) is 36.8 Å². The number of nitrogens with zero attached hydrogens (tertiary/aromatic N) is 4. The quantitative estimate of drug-likeness (QED) is 0.664. The molecule has 0 bridgehead atoms. The Balaban J connectivity index is 1.32. The average Bonchev–Trinajstić information content (AvgIpc) is 3.50. The summed E-state index contributed by atoms with van der Waals surface area (Å²) >= 11 is 0. The Hall–Kier alpha value is -3.42. The molecule has 0 unspecified atom stereocenters. The fraction of sp³-hybridized carbons (Fsp3) is 0.417. The molecule has 8 nitrogen and oxygen atoms in total. The van der Waals surface area contributed by atoms with Gasteiger partial charge in [-0.3, -0.25) is 14.8 Å². The molecule has 0 aliphatic carbocycles. The molecule has 4 heterocycles. The Bertz CT molecular complexity index is 1200. The lowest BCUT2D eigenvalue weighted by atomic mass is 10.0. The number of nitrogens with one attached hydrogen (secondary N) is 1. The van der Waals surface area contributed by atoms with Crippen molar-refractivity contribution in [3.63, 3.8) is 0 Å². The fourth-order valence-electron chi connectivity index (χ4n) is 4.52. The lowest BCUT2D eigenvalue weighted by Crippen LogP contribution is -2.39. The highest BCUT2D eigenvalue weighted by Gasteiger charge is 2.38. The molecule has 32 heavy (non-hydrogen) atoms. The summed E-state index contributed by atoms with van der Waals surface area (Å²) in [4.78, 5) is 33.7. The molecule has 0 saturated carbocycles. The smallest absolute Gasteiger partial charge is 0.410 e. The maximum Gasteiger partial charge on any atom is 0.410 e. The van der Waals surface area contributed by atoms with E-state index >= 15 is 0 Å². The molecule has 1 saturated heterocycles. The van der Waals surface area contributed by atoms with Gasteiger partial charge in [0.05, 0.1) is 17.6 Å². The van der Waals surface area contributed by atoms with Crippen LogP contribution in [0.15, 0.2) is 36.7 Å². The molecular formula is C24H27N5O3. The molecule has 1 fully saturated rings. The van der Waals surface area contributed by atoms with Crippen molar-refractivity contribution in [2.75, 3.05) is 24.5 Å². The third-order valence-electron chi connectivity index (χ3n) is 6.05. The number of H-pyrrole nitrogens is 1. The van der Waals surface area contributed by atoms with Gasteiger partial charge in [-0.25, -0.2) is 9.78 Å². The lowest BCUT2D eigenvalue weighted by Gasteiger charge is -2.25. The van der Waals surface area contributed by atoms with Crippen molar-refractivity contribution in [1.82, 2.24) is 20.1 Å². The van der Waals surface area contributed by atoms with E-state index in [1.807, 2.05) is 45.3 Å². The molecule has 3 aromatic rings. The molecule has 0 radical (unpaired) electrons. The standard InChI is InChI=1S/C24H27N5O3/c1-24(2,3)32-23(31)28-9-7-16(14-28)22(30)29-10-8-15-11-17(12-25-21(15)29)18-5-4-6-20-19(18)13-26-27-20/h4-6,11-13,16H,7-10,14H2,1-3H3,(H,26,27)/t16-/m0/s1. The number of aromatic nitrogens is 3. The number of fused-ring (bicyclic) bond motifs is 2. The van der Waals surface area contributed by atoms with Gasteiger partial charge in [0.25, 0.3) is 0 Å². The number of pyridine rings is 1. The number of aromatic amines is 1. The molecule has 2 aromatic heterocycles. The Morgan fingerprint density at radius 1 is 1.19 bits per heavy atom. The van der Waals surface area contributed by atoms with Gasteiger partial charge < -0.3 is 9.64 Å². The first-order valence-electron chi connectivity index (χ1n) is 11.0. The van der Waals surface area contributed by atoms with Crippen LogP contribution in [0.4, 0.5) is 10.6 Å². The number of rotatable bonds is 2. The van der Waals surface area contributed by atoms with Crippen LogP contribution in [0.1, 0.15) is 32.8 Å². The van der Waals surface area contributed by atoms with Gasteiger partial charge in [-0.05, 0) is 56.9 Å². The third kappa shape index (κ3) is 3.70. The molecule has 2 amide bonds. The highest BCUT2D eigenvalue weighted by atomic mass is 16.6. The second-order valence-electron chi connectivity index (χ2n) is 9.50. The number of benzene rings is 1. The molecule has 2 aliphatic heterocycles. The Labute approximate surface area is 186 Å². The van der Waals surface area contributed by atoms with Crippen LogP contribution in [0.3, 0.4) is 0 Å². The predicted molar refractivity (Wildman–Crippen MR) is 121 cm³/mol. The summed E-state index contributed by atoms with van der Waals surface area (Å²) < 4.78 is 5.45. The second-order valence-corrected chi connectivity index (χ2v) is 9.50. The Kier molecular flexibility index (Phi) is 4.87. The van der Waals surface area contributed by atoms with Gasteiger partial charge in [0.2, 0.25) is 5.91 Å². The van der Waals surface area contributed by atoms with Gasteiger partial charge >= 0.3 is 6.09 Å². The van der Waals surface area contributed by atoms with E-state index in [0.29, 0.717) is 26.1 Å². The van der Waals surface area contributed by atoms with Crippen molar-refractivity contribution in [2.24, 2.45) is 5.92 Å². The van der Waals surface area contributed by atoms with E-state index in [-0.39, 0.29) is 17.9 Å². The largest absolute Gasteiger partial charge is 0.444 e. The summed E-state index contributed by atoms with van der Waals surface area (Å²) in [6.45, 7) is 7.07. The highest BCUT2D eigenvalue weighted by Crippen LogP contribution is 2.34. The number of anilines is 1. The first kappa shape index (κ1) is 20.5. The van der Waals surface area contributed by atoms with E-state index in [1.54, 1.807) is 9.80 Å². The molecule has 2 aliphatic rings. The maximum atomic E-state index is 13.3. The fourth-order valence-corrected chi connectivity index (χ4v) is 4.52. The van der Waals surface area contributed by atoms with Gasteiger partial charge in [-0.15, -0.1) is 0 Å². The highest BCUT2D eigenvalue weighted by molar-refractivity contribution is 5.98. The molecule has 0 spiro atoms. The van der Waals surface area contributed by atoms with Crippen molar-refractivity contribution in [2.45, 2.75) is 39.2 Å². The zero-order valence-electron chi connectivity index (χ0n) is 18.6. The van der Waals surface area contributed by atoms with Crippen LogP contribution in [0.25, 0.3) is 22.0 Å². The Morgan fingerprint density at radius 2 is 2.03 bits per heavy atom. The number of likely N-dealkylation sites (tertiary alicyclic amines) is 1. The van der Waals surface area contributed by atoms with Crippen LogP contribution in [0.5, 0.6) is 0 Å². The minimum atomic E-state index is -0.546. The van der Waals surface area contributed by atoms with Crippen molar-refractivity contribution >= 4 is 28.7 Å². The van der Waals surface area contributed by atoms with Crippen LogP contribution >= 0.6 is 0 Å². The van der Waals surface area contributed by atoms with Crippen LogP contribution in [0, 0.1) is 5.92 Å². The zero-order chi connectivity index (χ0) is 22.5. The normalized spacial score (nSPS) is 18.3. The number of hydrogen-bond acceptors (Lipinski definition) is 5. The molecule has 1 atom stereocenters. The first-order valence-corrected chi connectivity index (χ1v) is 11.0. The summed E-state index contributed by atoms with van der Waals surface area (Å²) in [5.41, 5.74) is 3.59. The van der Waals surface area contributed by atoms with E-state index in [2.05, 4.69) is 27.3 Å². The van der Waals surface area contributed by atoms with Gasteiger partial charge in [-0.1, -0.05) is 12.1 Å². The maximum absolute atomic E-state index is 13.3. The van der Waals surface area contributed by atoms with Crippen LogP contribution in [0.2, 0.25) is 0 Å². The number of carbonyl (C=O) groups is 2. The predicted octanol–water partition coefficient (Wildman–Crippen LogP) is 3.77. The number of carbonyl (C=O) groups excluding carboxylic acids is 2. The van der Waals surface area contributed by atoms with Crippen LogP contribution in [-0.4, -0.2) is 57.3 Å². The molecule has 1 aromatic carbocycles. The van der Waals surface area contributed by atoms with Gasteiger partial charge in [-0.2, -0.15) is 5.10 Å². The summed E-state index contributed by atoms with van der Waals surface area (Å²) in [6, 6.07) is 8.17. The molecular weight excluding hydrogens is 406 g/mol. The Morgan fingerprint density at radius 3 is 2.84 bits per heavy atom. The SMILES string of the molecule is CC(C)(C)OC(=O)N1CC[C@H](C(=O)N2CCc3cc(-c4cccc5[nH]ncc45)cnc32)C1. The number of ether oxygens (including phenoxy) is 1. The van der Waals surface area contributed by atoms with E-state index in [4.69, 9.17) is 4.74 Å². The second kappa shape index (κ2) is 7.62. The van der Waals surface area contributed by atoms with Crippen LogP contribution < -0.4 is 4.90 Å². The van der Waals surface area contributed by atoms with Crippen molar-refractivity contribution < 1.29 is 14.3 Å². The number of amides is 2. The molecule has 166 valence electrons. The summed E-state index contributed by atoms with van der Waals surface area (Å²) in [6.07, 6.45) is 4.71. The van der Waals surface area contributed by atoms with Crippen molar-refractivity contribution in [1.29, 1.82) is 0 Å². The van der Waals surface area contributed by atoms with Gasteiger partial charge in [0.15, 0.2) is 0 Å².